The summed E-state index contributed by atoms with van der Waals surface area (Å²) in [6, 6.07) is 11.6. The standard InChI is InChI=1S/C16H16FN/c1-11-14(5-2-6-15(11)17)13-8-7-12-4-3-9-18-16(12)10-13/h2,5-8,10,18H,3-4,9H2,1H3. The molecule has 2 aromatic carbocycles. The third-order valence-corrected chi connectivity index (χ3v) is 3.63. The number of rotatable bonds is 1. The smallest absolute Gasteiger partial charge is 0.126 e. The Hall–Kier alpha value is -1.83. The monoisotopic (exact) mass is 241 g/mol. The van der Waals surface area contributed by atoms with Gasteiger partial charge in [0.05, 0.1) is 0 Å². The van der Waals surface area contributed by atoms with Crippen molar-refractivity contribution < 1.29 is 4.39 Å². The average molecular weight is 241 g/mol. The van der Waals surface area contributed by atoms with Crippen molar-refractivity contribution in [2.24, 2.45) is 0 Å². The molecule has 0 atom stereocenters. The molecule has 92 valence electrons. The van der Waals surface area contributed by atoms with Crippen molar-refractivity contribution in [1.29, 1.82) is 0 Å². The molecular weight excluding hydrogens is 225 g/mol. The maximum absolute atomic E-state index is 13.6. The number of aryl methyl sites for hydroxylation is 1. The molecule has 2 heteroatoms. The van der Waals surface area contributed by atoms with Crippen LogP contribution in [0.3, 0.4) is 0 Å². The molecule has 1 N–H and O–H groups in total. The SMILES string of the molecule is Cc1c(F)cccc1-c1ccc2c(c1)NCCC2. The highest BCUT2D eigenvalue weighted by Crippen LogP contribution is 2.31. The van der Waals surface area contributed by atoms with Gasteiger partial charge >= 0.3 is 0 Å². The summed E-state index contributed by atoms with van der Waals surface area (Å²) in [6.45, 7) is 2.86. The van der Waals surface area contributed by atoms with E-state index >= 15 is 0 Å². The Morgan fingerprint density at radius 1 is 1.17 bits per heavy atom. The van der Waals surface area contributed by atoms with Gasteiger partial charge in [0, 0.05) is 12.2 Å². The molecule has 0 unspecified atom stereocenters. The zero-order valence-corrected chi connectivity index (χ0v) is 10.5. The molecule has 1 nitrogen and oxygen atoms in total. The Bertz CT molecular complexity index is 590. The van der Waals surface area contributed by atoms with Gasteiger partial charge in [-0.2, -0.15) is 0 Å². The van der Waals surface area contributed by atoms with Gasteiger partial charge in [0.15, 0.2) is 0 Å². The molecular formula is C16H16FN. The lowest BCUT2D eigenvalue weighted by atomic mass is 9.95. The van der Waals surface area contributed by atoms with Crippen LogP contribution in [0.15, 0.2) is 36.4 Å². The topological polar surface area (TPSA) is 12.0 Å². The molecule has 0 radical (unpaired) electrons. The van der Waals surface area contributed by atoms with E-state index < -0.39 is 0 Å². The zero-order chi connectivity index (χ0) is 12.5. The number of fused-ring (bicyclic) bond motifs is 1. The first-order valence-corrected chi connectivity index (χ1v) is 6.38. The van der Waals surface area contributed by atoms with Crippen LogP contribution >= 0.6 is 0 Å². The highest BCUT2D eigenvalue weighted by Gasteiger charge is 2.11. The van der Waals surface area contributed by atoms with Crippen molar-refractivity contribution in [3.05, 3.63) is 53.3 Å². The summed E-state index contributed by atoms with van der Waals surface area (Å²) >= 11 is 0. The fourth-order valence-electron chi connectivity index (χ4n) is 2.55. The molecule has 1 aliphatic rings. The fourth-order valence-corrected chi connectivity index (χ4v) is 2.55. The van der Waals surface area contributed by atoms with Crippen LogP contribution in [0.1, 0.15) is 17.5 Å². The van der Waals surface area contributed by atoms with E-state index in [-0.39, 0.29) is 5.82 Å². The minimum atomic E-state index is -0.141. The first kappa shape index (κ1) is 11.3. The summed E-state index contributed by atoms with van der Waals surface area (Å²) < 4.78 is 13.6. The lowest BCUT2D eigenvalue weighted by molar-refractivity contribution is 0.619. The summed E-state index contributed by atoms with van der Waals surface area (Å²) in [7, 11) is 0. The number of benzene rings is 2. The quantitative estimate of drug-likeness (QED) is 0.790. The van der Waals surface area contributed by atoms with Gasteiger partial charge in [-0.05, 0) is 54.2 Å². The molecule has 0 amide bonds. The zero-order valence-electron chi connectivity index (χ0n) is 10.5. The van der Waals surface area contributed by atoms with Crippen LogP contribution in [0, 0.1) is 12.7 Å². The van der Waals surface area contributed by atoms with Crippen LogP contribution in [-0.4, -0.2) is 6.54 Å². The van der Waals surface area contributed by atoms with Gasteiger partial charge in [0.1, 0.15) is 5.82 Å². The Morgan fingerprint density at radius 2 is 2.06 bits per heavy atom. The van der Waals surface area contributed by atoms with Gasteiger partial charge in [0.2, 0.25) is 0 Å². The maximum Gasteiger partial charge on any atom is 0.126 e. The lowest BCUT2D eigenvalue weighted by Crippen LogP contribution is -2.11. The predicted octanol–water partition coefficient (Wildman–Crippen LogP) is 4.16. The summed E-state index contributed by atoms with van der Waals surface area (Å²) in [5, 5.41) is 3.41. The molecule has 0 bridgehead atoms. The van der Waals surface area contributed by atoms with Crippen molar-refractivity contribution in [3.8, 4) is 11.1 Å². The summed E-state index contributed by atoms with van der Waals surface area (Å²) in [5.74, 6) is -0.141. The number of hydrogen-bond acceptors (Lipinski definition) is 1. The molecule has 0 aromatic heterocycles. The van der Waals surface area contributed by atoms with Gasteiger partial charge in [-0.15, -0.1) is 0 Å². The third-order valence-electron chi connectivity index (χ3n) is 3.63. The number of nitrogens with one attached hydrogen (secondary N) is 1. The maximum atomic E-state index is 13.6. The first-order valence-electron chi connectivity index (χ1n) is 6.38. The molecule has 18 heavy (non-hydrogen) atoms. The molecule has 1 heterocycles. The van der Waals surface area contributed by atoms with Crippen molar-refractivity contribution >= 4 is 5.69 Å². The van der Waals surface area contributed by atoms with E-state index in [0.29, 0.717) is 5.56 Å². The second-order valence-corrected chi connectivity index (χ2v) is 4.81. The molecule has 0 aliphatic carbocycles. The van der Waals surface area contributed by atoms with Crippen LogP contribution in [0.25, 0.3) is 11.1 Å². The number of halogens is 1. The minimum absolute atomic E-state index is 0.141. The highest BCUT2D eigenvalue weighted by atomic mass is 19.1. The van der Waals surface area contributed by atoms with Crippen molar-refractivity contribution in [2.45, 2.75) is 19.8 Å². The third kappa shape index (κ3) is 1.88. The molecule has 1 aliphatic heterocycles. The Labute approximate surface area is 107 Å². The van der Waals surface area contributed by atoms with Crippen molar-refractivity contribution in [1.82, 2.24) is 0 Å². The second kappa shape index (κ2) is 4.45. The van der Waals surface area contributed by atoms with Crippen LogP contribution in [0.5, 0.6) is 0 Å². The van der Waals surface area contributed by atoms with E-state index in [1.54, 1.807) is 6.07 Å². The number of hydrogen-bond donors (Lipinski definition) is 1. The van der Waals surface area contributed by atoms with Gasteiger partial charge in [0.25, 0.3) is 0 Å². The van der Waals surface area contributed by atoms with E-state index in [2.05, 4.69) is 23.5 Å². The van der Waals surface area contributed by atoms with Crippen LogP contribution in [0.2, 0.25) is 0 Å². The fraction of sp³-hybridized carbons (Fsp3) is 0.250. The Balaban J connectivity index is 2.09. The molecule has 2 aromatic rings. The van der Waals surface area contributed by atoms with E-state index in [9.17, 15) is 4.39 Å². The average Bonchev–Trinajstić information content (AvgIpc) is 2.41. The Kier molecular flexibility index (Phi) is 2.78. The normalized spacial score (nSPS) is 13.9. The largest absolute Gasteiger partial charge is 0.385 e. The molecule has 0 spiro atoms. The van der Waals surface area contributed by atoms with E-state index in [1.807, 2.05) is 13.0 Å². The van der Waals surface area contributed by atoms with Crippen LogP contribution in [-0.2, 0) is 6.42 Å². The van der Waals surface area contributed by atoms with Gasteiger partial charge < -0.3 is 5.32 Å². The minimum Gasteiger partial charge on any atom is -0.385 e. The second-order valence-electron chi connectivity index (χ2n) is 4.81. The Morgan fingerprint density at radius 3 is 2.94 bits per heavy atom. The summed E-state index contributed by atoms with van der Waals surface area (Å²) in [4.78, 5) is 0. The van der Waals surface area contributed by atoms with Crippen molar-refractivity contribution in [3.63, 3.8) is 0 Å². The lowest BCUT2D eigenvalue weighted by Gasteiger charge is -2.19. The summed E-state index contributed by atoms with van der Waals surface area (Å²) in [6.07, 6.45) is 2.32. The highest BCUT2D eigenvalue weighted by molar-refractivity contribution is 5.73. The van der Waals surface area contributed by atoms with Crippen LogP contribution < -0.4 is 5.32 Å². The molecule has 0 saturated carbocycles. The van der Waals surface area contributed by atoms with E-state index in [4.69, 9.17) is 0 Å². The van der Waals surface area contributed by atoms with Gasteiger partial charge in [-0.3, -0.25) is 0 Å². The molecule has 0 saturated heterocycles. The summed E-state index contributed by atoms with van der Waals surface area (Å²) in [5.41, 5.74) is 5.33. The van der Waals surface area contributed by atoms with E-state index in [1.165, 1.54) is 23.7 Å². The van der Waals surface area contributed by atoms with Gasteiger partial charge in [-0.1, -0.05) is 24.3 Å². The van der Waals surface area contributed by atoms with Gasteiger partial charge in [-0.25, -0.2) is 4.39 Å². The van der Waals surface area contributed by atoms with E-state index in [0.717, 1.165) is 24.1 Å². The van der Waals surface area contributed by atoms with Crippen LogP contribution in [0.4, 0.5) is 10.1 Å². The first-order chi connectivity index (χ1) is 8.75. The molecule has 0 fully saturated rings. The predicted molar refractivity (Wildman–Crippen MR) is 73.4 cm³/mol. The van der Waals surface area contributed by atoms with Crippen molar-refractivity contribution in [2.75, 3.05) is 11.9 Å². The number of anilines is 1. The molecule has 3 rings (SSSR count).